The minimum atomic E-state index is -0.871. The molecule has 2 rings (SSSR count). The van der Waals surface area contributed by atoms with Crippen LogP contribution >= 0.6 is 0 Å². The van der Waals surface area contributed by atoms with E-state index in [1.165, 1.54) is 0 Å². The second-order valence-electron chi connectivity index (χ2n) is 4.77. The largest absolute Gasteiger partial charge is 0.480 e. The number of likely N-dealkylation sites (tertiary alicyclic amines) is 1. The van der Waals surface area contributed by atoms with Crippen LogP contribution in [0.2, 0.25) is 0 Å². The van der Waals surface area contributed by atoms with Crippen LogP contribution in [0, 0.1) is 11.8 Å². The zero-order valence-electron chi connectivity index (χ0n) is 9.48. The third-order valence-corrected chi connectivity index (χ3v) is 3.66. The highest BCUT2D eigenvalue weighted by atomic mass is 16.4. The second kappa shape index (κ2) is 4.41. The zero-order chi connectivity index (χ0) is 11.7. The Morgan fingerprint density at radius 3 is 2.69 bits per heavy atom. The molecule has 2 N–H and O–H groups in total. The maximum absolute atomic E-state index is 12.2. The van der Waals surface area contributed by atoms with Crippen LogP contribution in [0.4, 0.5) is 0 Å². The first kappa shape index (κ1) is 11.4. The first-order valence-corrected chi connectivity index (χ1v) is 5.85. The van der Waals surface area contributed by atoms with E-state index in [2.05, 4.69) is 5.32 Å². The van der Waals surface area contributed by atoms with Crippen LogP contribution in [0.15, 0.2) is 0 Å². The lowest BCUT2D eigenvalue weighted by atomic mass is 9.96. The third kappa shape index (κ3) is 1.91. The number of hydrogen-bond acceptors (Lipinski definition) is 3. The number of carboxylic acids is 1. The summed E-state index contributed by atoms with van der Waals surface area (Å²) in [5, 5.41) is 12.2. The summed E-state index contributed by atoms with van der Waals surface area (Å²) in [5.74, 6) is -0.589. The summed E-state index contributed by atoms with van der Waals surface area (Å²) in [7, 11) is 0. The van der Waals surface area contributed by atoms with E-state index in [-0.39, 0.29) is 11.8 Å². The van der Waals surface area contributed by atoms with Crippen molar-refractivity contribution in [2.75, 3.05) is 19.6 Å². The molecule has 16 heavy (non-hydrogen) atoms. The van der Waals surface area contributed by atoms with Gasteiger partial charge in [-0.3, -0.25) is 4.79 Å². The van der Waals surface area contributed by atoms with E-state index in [0.29, 0.717) is 25.4 Å². The fourth-order valence-electron chi connectivity index (χ4n) is 2.64. The van der Waals surface area contributed by atoms with Gasteiger partial charge in [-0.1, -0.05) is 6.92 Å². The van der Waals surface area contributed by atoms with Crippen LogP contribution in [0.5, 0.6) is 0 Å². The Hall–Kier alpha value is -1.10. The van der Waals surface area contributed by atoms with Gasteiger partial charge in [0.25, 0.3) is 0 Å². The van der Waals surface area contributed by atoms with Crippen LogP contribution in [0.1, 0.15) is 19.8 Å². The molecule has 0 aromatic carbocycles. The number of amides is 1. The van der Waals surface area contributed by atoms with Gasteiger partial charge in [0.2, 0.25) is 5.91 Å². The molecule has 5 heteroatoms. The van der Waals surface area contributed by atoms with Crippen molar-refractivity contribution in [2.24, 2.45) is 11.8 Å². The van der Waals surface area contributed by atoms with E-state index in [9.17, 15) is 9.59 Å². The van der Waals surface area contributed by atoms with E-state index in [1.807, 2.05) is 6.92 Å². The van der Waals surface area contributed by atoms with E-state index < -0.39 is 12.0 Å². The highest BCUT2D eigenvalue weighted by Gasteiger charge is 2.39. The van der Waals surface area contributed by atoms with E-state index in [1.54, 1.807) is 4.90 Å². The maximum Gasteiger partial charge on any atom is 0.326 e. The summed E-state index contributed by atoms with van der Waals surface area (Å²) in [5.41, 5.74) is 0. The third-order valence-electron chi connectivity index (χ3n) is 3.66. The highest BCUT2D eigenvalue weighted by Crippen LogP contribution is 2.24. The first-order chi connectivity index (χ1) is 7.61. The van der Waals surface area contributed by atoms with Gasteiger partial charge in [-0.15, -0.1) is 0 Å². The van der Waals surface area contributed by atoms with Crippen LogP contribution in [0.25, 0.3) is 0 Å². The van der Waals surface area contributed by atoms with Gasteiger partial charge in [0, 0.05) is 13.1 Å². The summed E-state index contributed by atoms with van der Waals surface area (Å²) in [6, 6.07) is -0.597. The maximum atomic E-state index is 12.2. The lowest BCUT2D eigenvalue weighted by molar-refractivity contribution is -0.150. The smallest absolute Gasteiger partial charge is 0.326 e. The molecule has 0 saturated carbocycles. The van der Waals surface area contributed by atoms with Crippen molar-refractivity contribution in [1.29, 1.82) is 0 Å². The van der Waals surface area contributed by atoms with Crippen molar-refractivity contribution in [1.82, 2.24) is 10.2 Å². The second-order valence-corrected chi connectivity index (χ2v) is 4.77. The molecule has 2 saturated heterocycles. The van der Waals surface area contributed by atoms with Crippen LogP contribution in [-0.2, 0) is 9.59 Å². The van der Waals surface area contributed by atoms with E-state index >= 15 is 0 Å². The Morgan fingerprint density at radius 2 is 2.12 bits per heavy atom. The number of carbonyl (C=O) groups excluding carboxylic acids is 1. The Kier molecular flexibility index (Phi) is 3.14. The minimum Gasteiger partial charge on any atom is -0.480 e. The Bertz CT molecular complexity index is 306. The van der Waals surface area contributed by atoms with Crippen LogP contribution in [0.3, 0.4) is 0 Å². The van der Waals surface area contributed by atoms with Gasteiger partial charge in [0.1, 0.15) is 6.04 Å². The van der Waals surface area contributed by atoms with Gasteiger partial charge >= 0.3 is 5.97 Å². The average molecular weight is 226 g/mol. The first-order valence-electron chi connectivity index (χ1n) is 5.85. The van der Waals surface area contributed by atoms with E-state index in [4.69, 9.17) is 5.11 Å². The van der Waals surface area contributed by atoms with Crippen molar-refractivity contribution < 1.29 is 14.7 Å². The molecule has 2 aliphatic heterocycles. The number of carboxylic acid groups (broad SMARTS) is 1. The molecule has 1 amide bonds. The summed E-state index contributed by atoms with van der Waals surface area (Å²) in [4.78, 5) is 24.8. The van der Waals surface area contributed by atoms with Crippen LogP contribution < -0.4 is 5.32 Å². The Morgan fingerprint density at radius 1 is 1.38 bits per heavy atom. The summed E-state index contributed by atoms with van der Waals surface area (Å²) < 4.78 is 0. The van der Waals surface area contributed by atoms with Gasteiger partial charge < -0.3 is 15.3 Å². The average Bonchev–Trinajstić information content (AvgIpc) is 2.84. The molecule has 5 nitrogen and oxygen atoms in total. The molecule has 2 fully saturated rings. The lowest BCUT2D eigenvalue weighted by Crippen LogP contribution is -2.45. The van der Waals surface area contributed by atoms with Gasteiger partial charge in [0.15, 0.2) is 0 Å². The summed E-state index contributed by atoms with van der Waals surface area (Å²) in [6.07, 6.45) is 1.40. The predicted molar refractivity (Wildman–Crippen MR) is 57.9 cm³/mol. The molecule has 90 valence electrons. The fourth-order valence-corrected chi connectivity index (χ4v) is 2.64. The van der Waals surface area contributed by atoms with Gasteiger partial charge in [0.05, 0.1) is 5.92 Å². The van der Waals surface area contributed by atoms with Gasteiger partial charge in [-0.05, 0) is 25.3 Å². The number of rotatable bonds is 2. The van der Waals surface area contributed by atoms with Gasteiger partial charge in [-0.25, -0.2) is 4.79 Å². The molecule has 0 spiro atoms. The minimum absolute atomic E-state index is 0.0161. The molecule has 0 aliphatic carbocycles. The van der Waals surface area contributed by atoms with Crippen molar-refractivity contribution in [3.63, 3.8) is 0 Å². The predicted octanol–water partition coefficient (Wildman–Crippen LogP) is -0.0825. The molecule has 0 aromatic rings. The molecule has 0 radical (unpaired) electrons. The fraction of sp³-hybridized carbons (Fsp3) is 0.818. The van der Waals surface area contributed by atoms with Gasteiger partial charge in [-0.2, -0.15) is 0 Å². The summed E-state index contributed by atoms with van der Waals surface area (Å²) in [6.45, 7) is 4.16. The Balaban J connectivity index is 2.06. The number of nitrogens with one attached hydrogen (secondary N) is 1. The normalized spacial score (nSPS) is 34.3. The number of nitrogens with zero attached hydrogens (tertiary/aromatic N) is 1. The lowest BCUT2D eigenvalue weighted by Gasteiger charge is -2.26. The van der Waals surface area contributed by atoms with Crippen molar-refractivity contribution in [3.05, 3.63) is 0 Å². The Labute approximate surface area is 94.8 Å². The number of hydrogen-bond donors (Lipinski definition) is 2. The van der Waals surface area contributed by atoms with E-state index in [0.717, 1.165) is 13.0 Å². The summed E-state index contributed by atoms with van der Waals surface area (Å²) >= 11 is 0. The molecule has 3 unspecified atom stereocenters. The molecule has 2 aliphatic rings. The quantitative estimate of drug-likeness (QED) is 0.691. The number of carbonyl (C=O) groups is 2. The van der Waals surface area contributed by atoms with Crippen molar-refractivity contribution >= 4 is 11.9 Å². The zero-order valence-corrected chi connectivity index (χ0v) is 9.48. The SMILES string of the molecule is CC1CNCC1C(=O)N1CCCC1C(=O)O. The number of aliphatic carboxylic acids is 1. The monoisotopic (exact) mass is 226 g/mol. The van der Waals surface area contributed by atoms with Crippen molar-refractivity contribution in [3.8, 4) is 0 Å². The topological polar surface area (TPSA) is 69.6 Å². The molecular formula is C11H18N2O3. The molecule has 2 heterocycles. The van der Waals surface area contributed by atoms with Crippen LogP contribution in [-0.4, -0.2) is 47.6 Å². The highest BCUT2D eigenvalue weighted by molar-refractivity contribution is 5.86. The molecule has 0 bridgehead atoms. The standard InChI is InChI=1S/C11H18N2O3/c1-7-5-12-6-8(7)10(14)13-4-2-3-9(13)11(15)16/h7-9,12H,2-6H2,1H3,(H,15,16). The van der Waals surface area contributed by atoms with Crippen molar-refractivity contribution in [2.45, 2.75) is 25.8 Å². The molecular weight excluding hydrogens is 208 g/mol. The molecule has 0 aromatic heterocycles. The molecule has 3 atom stereocenters.